The van der Waals surface area contributed by atoms with E-state index in [9.17, 15) is 8.42 Å². The molecule has 0 bridgehead atoms. The SMILES string of the molecule is Cn1cc(OCC(CS(=O)(=O)Cl)c2ccccc2)cn1. The van der Waals surface area contributed by atoms with Crippen molar-refractivity contribution in [3.8, 4) is 5.75 Å². The van der Waals surface area contributed by atoms with Gasteiger partial charge in [-0.25, -0.2) is 8.42 Å². The minimum absolute atomic E-state index is 0.168. The van der Waals surface area contributed by atoms with Crippen molar-refractivity contribution in [2.24, 2.45) is 7.05 Å². The van der Waals surface area contributed by atoms with E-state index in [4.69, 9.17) is 15.4 Å². The summed E-state index contributed by atoms with van der Waals surface area (Å²) in [5.41, 5.74) is 0.876. The van der Waals surface area contributed by atoms with Gasteiger partial charge in [0.15, 0.2) is 5.75 Å². The molecular weight excluding hydrogens is 300 g/mol. The molecule has 1 atom stereocenters. The molecule has 1 unspecified atom stereocenters. The first-order chi connectivity index (χ1) is 9.44. The lowest BCUT2D eigenvalue weighted by molar-refractivity contribution is 0.296. The van der Waals surface area contributed by atoms with Crippen LogP contribution in [0.1, 0.15) is 11.5 Å². The van der Waals surface area contributed by atoms with Gasteiger partial charge in [0, 0.05) is 23.6 Å². The average molecular weight is 315 g/mol. The summed E-state index contributed by atoms with van der Waals surface area (Å²) in [7, 11) is 3.55. The molecule has 1 aromatic heterocycles. The van der Waals surface area contributed by atoms with E-state index in [1.807, 2.05) is 30.3 Å². The Hall–Kier alpha value is -1.53. The summed E-state index contributed by atoms with van der Waals surface area (Å²) in [6.07, 6.45) is 3.30. The third kappa shape index (κ3) is 4.54. The van der Waals surface area contributed by atoms with Gasteiger partial charge in [0.25, 0.3) is 0 Å². The second-order valence-electron chi connectivity index (χ2n) is 4.47. The molecule has 1 heterocycles. The molecule has 0 aliphatic heterocycles. The molecule has 0 aliphatic carbocycles. The van der Waals surface area contributed by atoms with Crippen LogP contribution in [-0.2, 0) is 16.1 Å². The summed E-state index contributed by atoms with van der Waals surface area (Å²) in [5.74, 6) is 0.109. The summed E-state index contributed by atoms with van der Waals surface area (Å²) >= 11 is 0. The van der Waals surface area contributed by atoms with Crippen molar-refractivity contribution in [1.29, 1.82) is 0 Å². The molecule has 2 rings (SSSR count). The third-order valence-corrected chi connectivity index (χ3v) is 3.98. The van der Waals surface area contributed by atoms with Crippen LogP contribution >= 0.6 is 10.7 Å². The zero-order valence-electron chi connectivity index (χ0n) is 10.9. The summed E-state index contributed by atoms with van der Waals surface area (Å²) in [6.45, 7) is 0.224. The van der Waals surface area contributed by atoms with Crippen LogP contribution in [0.15, 0.2) is 42.7 Å². The summed E-state index contributed by atoms with van der Waals surface area (Å²) in [4.78, 5) is 0. The van der Waals surface area contributed by atoms with E-state index >= 15 is 0 Å². The smallest absolute Gasteiger partial charge is 0.233 e. The van der Waals surface area contributed by atoms with Gasteiger partial charge in [-0.05, 0) is 5.56 Å². The Kier molecular flexibility index (Phi) is 4.67. The van der Waals surface area contributed by atoms with Gasteiger partial charge in [0.05, 0.1) is 24.8 Å². The standard InChI is InChI=1S/C13H15ClN2O3S/c1-16-8-13(7-15-16)19-9-12(10-20(14,17)18)11-5-3-2-4-6-11/h2-8,12H,9-10H2,1H3. The van der Waals surface area contributed by atoms with Crippen molar-refractivity contribution < 1.29 is 13.2 Å². The van der Waals surface area contributed by atoms with E-state index in [0.717, 1.165) is 5.56 Å². The van der Waals surface area contributed by atoms with E-state index in [0.29, 0.717) is 5.75 Å². The predicted octanol–water partition coefficient (Wildman–Crippen LogP) is 2.15. The monoisotopic (exact) mass is 314 g/mol. The van der Waals surface area contributed by atoms with Gasteiger partial charge in [-0.2, -0.15) is 5.10 Å². The van der Waals surface area contributed by atoms with Crippen LogP contribution in [0.4, 0.5) is 0 Å². The highest BCUT2D eigenvalue weighted by atomic mass is 35.7. The molecule has 108 valence electrons. The molecule has 5 nitrogen and oxygen atoms in total. The molecule has 2 aromatic rings. The van der Waals surface area contributed by atoms with Crippen molar-refractivity contribution >= 4 is 19.7 Å². The van der Waals surface area contributed by atoms with Crippen LogP contribution in [0.25, 0.3) is 0 Å². The molecule has 7 heteroatoms. The summed E-state index contributed by atoms with van der Waals surface area (Å²) in [5, 5.41) is 3.99. The maximum absolute atomic E-state index is 11.3. The van der Waals surface area contributed by atoms with Crippen LogP contribution in [0, 0.1) is 0 Å². The topological polar surface area (TPSA) is 61.2 Å². The van der Waals surface area contributed by atoms with E-state index in [-0.39, 0.29) is 18.3 Å². The Balaban J connectivity index is 2.10. The molecule has 0 radical (unpaired) electrons. The highest BCUT2D eigenvalue weighted by Gasteiger charge is 2.20. The largest absolute Gasteiger partial charge is 0.490 e. The molecule has 0 saturated carbocycles. The van der Waals surface area contributed by atoms with Gasteiger partial charge >= 0.3 is 0 Å². The van der Waals surface area contributed by atoms with E-state index in [1.54, 1.807) is 24.1 Å². The number of ether oxygens (including phenoxy) is 1. The zero-order chi connectivity index (χ0) is 14.6. The molecule has 1 aromatic carbocycles. The number of nitrogens with zero attached hydrogens (tertiary/aromatic N) is 2. The van der Waals surface area contributed by atoms with Crippen molar-refractivity contribution in [3.05, 3.63) is 48.3 Å². The van der Waals surface area contributed by atoms with Gasteiger partial charge in [-0.3, -0.25) is 4.68 Å². The molecule has 0 fully saturated rings. The van der Waals surface area contributed by atoms with Crippen molar-refractivity contribution in [2.75, 3.05) is 12.4 Å². The second kappa shape index (κ2) is 6.28. The minimum atomic E-state index is -3.60. The minimum Gasteiger partial charge on any atom is -0.490 e. The number of benzene rings is 1. The summed E-state index contributed by atoms with van der Waals surface area (Å²) < 4.78 is 29.8. The molecule has 0 amide bonds. The molecule has 0 spiro atoms. The Morgan fingerprint density at radius 3 is 2.60 bits per heavy atom. The fourth-order valence-electron chi connectivity index (χ4n) is 1.88. The lowest BCUT2D eigenvalue weighted by atomic mass is 10.0. The number of halogens is 1. The Bertz CT molecular complexity index is 655. The van der Waals surface area contributed by atoms with E-state index in [2.05, 4.69) is 5.10 Å². The predicted molar refractivity (Wildman–Crippen MR) is 77.5 cm³/mol. The molecular formula is C13H15ClN2O3S. The van der Waals surface area contributed by atoms with Gasteiger partial charge < -0.3 is 4.74 Å². The van der Waals surface area contributed by atoms with Crippen LogP contribution in [0.2, 0.25) is 0 Å². The van der Waals surface area contributed by atoms with E-state index in [1.165, 1.54) is 0 Å². The van der Waals surface area contributed by atoms with Crippen LogP contribution < -0.4 is 4.74 Å². The van der Waals surface area contributed by atoms with Gasteiger partial charge in [-0.15, -0.1) is 0 Å². The average Bonchev–Trinajstić information content (AvgIpc) is 2.80. The fraction of sp³-hybridized carbons (Fsp3) is 0.308. The number of hydrogen-bond donors (Lipinski definition) is 0. The zero-order valence-corrected chi connectivity index (χ0v) is 12.5. The first-order valence-electron chi connectivity index (χ1n) is 6.03. The maximum Gasteiger partial charge on any atom is 0.233 e. The van der Waals surface area contributed by atoms with Crippen LogP contribution in [-0.4, -0.2) is 30.6 Å². The van der Waals surface area contributed by atoms with Crippen molar-refractivity contribution in [2.45, 2.75) is 5.92 Å². The van der Waals surface area contributed by atoms with Crippen LogP contribution in [0.3, 0.4) is 0 Å². The Labute approximate surface area is 122 Å². The van der Waals surface area contributed by atoms with Crippen molar-refractivity contribution in [3.63, 3.8) is 0 Å². The van der Waals surface area contributed by atoms with Crippen LogP contribution in [0.5, 0.6) is 5.75 Å². The lowest BCUT2D eigenvalue weighted by Gasteiger charge is -2.16. The fourth-order valence-corrected chi connectivity index (χ4v) is 3.10. The maximum atomic E-state index is 11.3. The molecule has 20 heavy (non-hydrogen) atoms. The first kappa shape index (κ1) is 14.9. The first-order valence-corrected chi connectivity index (χ1v) is 8.50. The molecule has 0 aliphatic rings. The quantitative estimate of drug-likeness (QED) is 0.767. The number of hydrogen-bond acceptors (Lipinski definition) is 4. The molecule has 0 N–H and O–H groups in total. The highest BCUT2D eigenvalue weighted by Crippen LogP contribution is 2.21. The molecule has 0 saturated heterocycles. The highest BCUT2D eigenvalue weighted by molar-refractivity contribution is 8.13. The number of rotatable bonds is 6. The second-order valence-corrected chi connectivity index (χ2v) is 7.30. The normalized spacial score (nSPS) is 13.1. The number of aromatic nitrogens is 2. The lowest BCUT2D eigenvalue weighted by Crippen LogP contribution is -2.17. The van der Waals surface area contributed by atoms with Gasteiger partial charge in [0.1, 0.15) is 0 Å². The van der Waals surface area contributed by atoms with Crippen molar-refractivity contribution in [1.82, 2.24) is 9.78 Å². The van der Waals surface area contributed by atoms with Gasteiger partial charge in [-0.1, -0.05) is 30.3 Å². The Morgan fingerprint density at radius 1 is 1.35 bits per heavy atom. The Morgan fingerprint density at radius 2 is 2.05 bits per heavy atom. The van der Waals surface area contributed by atoms with E-state index < -0.39 is 9.05 Å². The number of aryl methyl sites for hydroxylation is 1. The van der Waals surface area contributed by atoms with Gasteiger partial charge in [0.2, 0.25) is 9.05 Å². The summed E-state index contributed by atoms with van der Waals surface area (Å²) in [6, 6.07) is 9.30. The third-order valence-electron chi connectivity index (χ3n) is 2.80.